The molecule has 0 aromatic rings. The minimum atomic E-state index is -3.96. The molecule has 0 unspecified atom stereocenters. The van der Waals surface area contributed by atoms with Crippen LogP contribution in [0.3, 0.4) is 0 Å². The van der Waals surface area contributed by atoms with Gasteiger partial charge in [0.05, 0.1) is 0 Å². The fourth-order valence-corrected chi connectivity index (χ4v) is 0. The molecule has 0 heterocycles. The highest BCUT2D eigenvalue weighted by Gasteiger charge is 2.22. The first-order valence-corrected chi connectivity index (χ1v) is 5.90. The fourth-order valence-electron chi connectivity index (χ4n) is 0. The molecular formula is C12H29F3. The minimum absolute atomic E-state index is 0.729. The van der Waals surface area contributed by atoms with E-state index in [1.807, 2.05) is 27.7 Å². The third kappa shape index (κ3) is 83.5. The molecule has 0 spiro atoms. The Bertz CT molecular complexity index is 75.4. The number of hydrogen-bond acceptors (Lipinski definition) is 0. The molecule has 0 rings (SSSR count). The zero-order valence-corrected chi connectivity index (χ0v) is 11.6. The summed E-state index contributed by atoms with van der Waals surface area (Å²) in [5.41, 5.74) is 0. The van der Waals surface area contributed by atoms with Gasteiger partial charge in [-0.05, 0) is 5.92 Å². The molecule has 0 aromatic carbocycles. The molecule has 15 heavy (non-hydrogen) atoms. The van der Waals surface area contributed by atoms with Gasteiger partial charge in [-0.2, -0.15) is 13.2 Å². The lowest BCUT2D eigenvalue weighted by molar-refractivity contribution is -0.130. The summed E-state index contributed by atoms with van der Waals surface area (Å²) < 4.78 is 32.4. The van der Waals surface area contributed by atoms with Crippen LogP contribution in [-0.4, -0.2) is 6.18 Å². The van der Waals surface area contributed by atoms with Crippen molar-refractivity contribution >= 4 is 0 Å². The van der Waals surface area contributed by atoms with E-state index in [0.29, 0.717) is 0 Å². The van der Waals surface area contributed by atoms with Crippen LogP contribution in [0.4, 0.5) is 13.2 Å². The van der Waals surface area contributed by atoms with E-state index in [9.17, 15) is 13.2 Å². The highest BCUT2D eigenvalue weighted by molar-refractivity contribution is 4.39. The first-order valence-electron chi connectivity index (χ1n) is 5.90. The molecule has 0 saturated carbocycles. The Kier molecular flexibility index (Phi) is 31.2. The van der Waals surface area contributed by atoms with Gasteiger partial charge >= 0.3 is 6.18 Å². The van der Waals surface area contributed by atoms with Gasteiger partial charge in [0.25, 0.3) is 0 Å². The van der Waals surface area contributed by atoms with Crippen LogP contribution in [-0.2, 0) is 0 Å². The summed E-state index contributed by atoms with van der Waals surface area (Å²) in [7, 11) is 0. The summed E-state index contributed by atoms with van der Waals surface area (Å²) >= 11 is 0. The Hall–Kier alpha value is -0.210. The summed E-state index contributed by atoms with van der Waals surface area (Å²) in [6, 6.07) is 0. The smallest absolute Gasteiger partial charge is 0.171 e. The normalized spacial score (nSPS) is 8.80. The second-order valence-corrected chi connectivity index (χ2v) is 2.77. The standard InChI is InChI=1S/C5H12.C3H5F3.2C2H6/c1-4-5(2)3;1-2-3(4,5)6;2*1-2/h5H,4H2,1-3H3;2H2,1H3;2*1-2H3. The van der Waals surface area contributed by atoms with E-state index in [2.05, 4.69) is 20.8 Å². The Morgan fingerprint density at radius 2 is 1.00 bits per heavy atom. The molecule has 0 nitrogen and oxygen atoms in total. The molecule has 98 valence electrons. The third-order valence-electron chi connectivity index (χ3n) is 1.22. The Morgan fingerprint density at radius 3 is 1.00 bits per heavy atom. The van der Waals surface area contributed by atoms with E-state index in [-0.39, 0.29) is 0 Å². The van der Waals surface area contributed by atoms with Crippen molar-refractivity contribution in [3.05, 3.63) is 0 Å². The monoisotopic (exact) mass is 230 g/mol. The van der Waals surface area contributed by atoms with Crippen molar-refractivity contribution in [3.63, 3.8) is 0 Å². The van der Waals surface area contributed by atoms with E-state index >= 15 is 0 Å². The lowest BCUT2D eigenvalue weighted by atomic mass is 10.2. The molecular weight excluding hydrogens is 201 g/mol. The van der Waals surface area contributed by atoms with Crippen LogP contribution >= 0.6 is 0 Å². The van der Waals surface area contributed by atoms with Crippen LogP contribution in [0.25, 0.3) is 0 Å². The molecule has 0 bridgehead atoms. The van der Waals surface area contributed by atoms with Crippen molar-refractivity contribution in [2.24, 2.45) is 5.92 Å². The maximum atomic E-state index is 10.8. The maximum Gasteiger partial charge on any atom is 0.388 e. The number of halogens is 3. The summed E-state index contributed by atoms with van der Waals surface area (Å²) in [6.07, 6.45) is -3.38. The van der Waals surface area contributed by atoms with Crippen molar-refractivity contribution in [1.82, 2.24) is 0 Å². The molecule has 3 heteroatoms. The molecule has 0 aliphatic rings. The van der Waals surface area contributed by atoms with Crippen LogP contribution in [0, 0.1) is 5.92 Å². The quantitative estimate of drug-likeness (QED) is 0.513. The predicted molar refractivity (Wildman–Crippen MR) is 64.2 cm³/mol. The largest absolute Gasteiger partial charge is 0.388 e. The maximum absolute atomic E-state index is 10.8. The van der Waals surface area contributed by atoms with Gasteiger partial charge in [0.2, 0.25) is 0 Å². The van der Waals surface area contributed by atoms with E-state index in [1.54, 1.807) is 0 Å². The van der Waals surface area contributed by atoms with Crippen LogP contribution < -0.4 is 0 Å². The lowest BCUT2D eigenvalue weighted by Gasteiger charge is -1.96. The van der Waals surface area contributed by atoms with Gasteiger partial charge in [-0.15, -0.1) is 0 Å². The Balaban J connectivity index is -0.0000000610. The van der Waals surface area contributed by atoms with Gasteiger partial charge in [0, 0.05) is 6.42 Å². The average molecular weight is 230 g/mol. The summed E-state index contributed by atoms with van der Waals surface area (Å²) in [5.74, 6) is 0.884. The SMILES string of the molecule is CC.CC.CCC(C)C.CCC(F)(F)F. The van der Waals surface area contributed by atoms with Gasteiger partial charge in [-0.1, -0.05) is 61.8 Å². The third-order valence-corrected chi connectivity index (χ3v) is 1.22. The van der Waals surface area contributed by atoms with Crippen LogP contribution in [0.15, 0.2) is 0 Å². The number of rotatable bonds is 1. The van der Waals surface area contributed by atoms with Crippen molar-refractivity contribution in [1.29, 1.82) is 0 Å². The number of alkyl halides is 3. The molecule has 0 amide bonds. The molecule has 0 fully saturated rings. The van der Waals surface area contributed by atoms with Crippen LogP contribution in [0.2, 0.25) is 0 Å². The second kappa shape index (κ2) is 19.4. The van der Waals surface area contributed by atoms with Gasteiger partial charge < -0.3 is 0 Å². The van der Waals surface area contributed by atoms with E-state index in [0.717, 1.165) is 12.8 Å². The Morgan fingerprint density at radius 1 is 0.867 bits per heavy atom. The number of hydrogen-bond donors (Lipinski definition) is 0. The second-order valence-electron chi connectivity index (χ2n) is 2.77. The fraction of sp³-hybridized carbons (Fsp3) is 1.00. The highest BCUT2D eigenvalue weighted by Crippen LogP contribution is 2.17. The van der Waals surface area contributed by atoms with E-state index in [1.165, 1.54) is 6.42 Å². The predicted octanol–water partition coefficient (Wildman–Crippen LogP) is 6.06. The van der Waals surface area contributed by atoms with Crippen molar-refractivity contribution in [2.75, 3.05) is 0 Å². The first kappa shape index (κ1) is 24.2. The van der Waals surface area contributed by atoms with Crippen molar-refractivity contribution in [2.45, 2.75) is 74.4 Å². The molecule has 0 saturated heterocycles. The first-order chi connectivity index (χ1) is 6.83. The summed E-state index contributed by atoms with van der Waals surface area (Å²) in [6.45, 7) is 15.7. The molecule has 0 aromatic heterocycles. The van der Waals surface area contributed by atoms with Crippen molar-refractivity contribution < 1.29 is 13.2 Å². The van der Waals surface area contributed by atoms with Crippen LogP contribution in [0.5, 0.6) is 0 Å². The average Bonchev–Trinajstić information content (AvgIpc) is 2.23. The molecule has 0 radical (unpaired) electrons. The highest BCUT2D eigenvalue weighted by atomic mass is 19.4. The molecule has 0 atom stereocenters. The topological polar surface area (TPSA) is 0 Å². The van der Waals surface area contributed by atoms with Gasteiger partial charge in [0.1, 0.15) is 0 Å². The minimum Gasteiger partial charge on any atom is -0.171 e. The van der Waals surface area contributed by atoms with Crippen molar-refractivity contribution in [3.8, 4) is 0 Å². The van der Waals surface area contributed by atoms with Gasteiger partial charge in [-0.3, -0.25) is 0 Å². The molecule has 0 aliphatic carbocycles. The van der Waals surface area contributed by atoms with Gasteiger partial charge in [-0.25, -0.2) is 0 Å². The van der Waals surface area contributed by atoms with E-state index in [4.69, 9.17) is 0 Å². The zero-order chi connectivity index (χ0) is 13.5. The van der Waals surface area contributed by atoms with Gasteiger partial charge in [0.15, 0.2) is 0 Å². The zero-order valence-electron chi connectivity index (χ0n) is 11.6. The van der Waals surface area contributed by atoms with Crippen LogP contribution in [0.1, 0.15) is 68.2 Å². The summed E-state index contributed by atoms with van der Waals surface area (Å²) in [5, 5.41) is 0. The molecule has 0 N–H and O–H groups in total. The lowest BCUT2D eigenvalue weighted by Crippen LogP contribution is -2.02. The Labute approximate surface area is 94.3 Å². The van der Waals surface area contributed by atoms with E-state index < -0.39 is 12.6 Å². The molecule has 0 aliphatic heterocycles. The summed E-state index contributed by atoms with van der Waals surface area (Å²) in [4.78, 5) is 0.